The Balaban J connectivity index is 2.00. The molecule has 152 valence electrons. The number of carbonyl (C=O) groups is 1. The number of rotatable bonds is 9. The smallest absolute Gasteiger partial charge is 0.370 e. The van der Waals surface area contributed by atoms with Crippen LogP contribution >= 0.6 is 0 Å². The van der Waals surface area contributed by atoms with Crippen molar-refractivity contribution >= 4 is 35.9 Å². The average Bonchev–Trinajstić information content (AvgIpc) is 2.70. The van der Waals surface area contributed by atoms with Gasteiger partial charge in [-0.3, -0.25) is 0 Å². The number of allylic oxidation sites excluding steroid dienone is 1. The molecule has 0 N–H and O–H groups in total. The Kier molecular flexibility index (Phi) is 8.88. The summed E-state index contributed by atoms with van der Waals surface area (Å²) in [6.07, 6.45) is 1.56. The zero-order valence-corrected chi connectivity index (χ0v) is 20.0. The summed E-state index contributed by atoms with van der Waals surface area (Å²) in [5.41, 5.74) is 5.25. The van der Waals surface area contributed by atoms with Gasteiger partial charge in [0.25, 0.3) is 0 Å². The first-order valence-corrected chi connectivity index (χ1v) is 11.6. The van der Waals surface area contributed by atoms with Gasteiger partial charge in [-0.1, -0.05) is 43.3 Å². The Morgan fingerprint density at radius 1 is 0.897 bits per heavy atom. The van der Waals surface area contributed by atoms with Gasteiger partial charge in [0.05, 0.1) is 11.3 Å². The van der Waals surface area contributed by atoms with Crippen LogP contribution in [-0.4, -0.2) is 25.5 Å². The molecule has 0 amide bonds. The van der Waals surface area contributed by atoms with Crippen LogP contribution in [0.15, 0.2) is 47.7 Å². The first-order valence-electron chi connectivity index (χ1n) is 9.74. The first-order chi connectivity index (χ1) is 13.8. The average molecular weight is 425 g/mol. The lowest BCUT2D eigenvalue weighted by Crippen LogP contribution is -2.24. The molecule has 0 aliphatic carbocycles. The lowest BCUT2D eigenvalue weighted by Gasteiger charge is -2.14. The van der Waals surface area contributed by atoms with Crippen LogP contribution in [0, 0.1) is 27.7 Å². The summed E-state index contributed by atoms with van der Waals surface area (Å²) < 4.78 is 11.3. The van der Waals surface area contributed by atoms with Gasteiger partial charge in [0.2, 0.25) is 0 Å². The molecule has 4 radical (unpaired) electrons. The number of benzene rings is 2. The molecule has 6 heteroatoms. The molecular weight excluding hydrogens is 396 g/mol. The van der Waals surface area contributed by atoms with Gasteiger partial charge in [0.1, 0.15) is 0 Å². The van der Waals surface area contributed by atoms with Crippen LogP contribution in [0.25, 0.3) is 0 Å². The molecule has 0 bridgehead atoms. The molecular formula is C23H28O4Si2. The van der Waals surface area contributed by atoms with Crippen LogP contribution in [0.3, 0.4) is 0 Å². The second kappa shape index (κ2) is 11.1. The molecule has 0 saturated carbocycles. The fourth-order valence-corrected chi connectivity index (χ4v) is 4.39. The van der Waals surface area contributed by atoms with Crippen LogP contribution in [-0.2, 0) is 18.7 Å². The van der Waals surface area contributed by atoms with Gasteiger partial charge < -0.3 is 9.31 Å². The number of hydrogen-bond acceptors (Lipinski definition) is 4. The highest BCUT2D eigenvalue weighted by atomic mass is 28.2. The van der Waals surface area contributed by atoms with E-state index in [1.807, 2.05) is 38.1 Å². The number of aryl methyl sites for hydroxylation is 2. The molecule has 0 fully saturated rings. The van der Waals surface area contributed by atoms with Crippen molar-refractivity contribution in [2.75, 3.05) is 0 Å². The minimum Gasteiger partial charge on any atom is -0.538 e. The minimum atomic E-state index is -0.503. The summed E-state index contributed by atoms with van der Waals surface area (Å²) >= 11 is 0. The second-order valence-corrected chi connectivity index (χ2v) is 8.91. The normalized spacial score (nSPS) is 11.8. The van der Waals surface area contributed by atoms with Gasteiger partial charge in [-0.05, 0) is 73.7 Å². The SMILES string of the molecule is CCCC(O[Si]c1cccc(C)c1C)=C(C)C(=O)OO[Si]c1cccc(C)c1C. The lowest BCUT2D eigenvalue weighted by atomic mass is 10.1. The maximum absolute atomic E-state index is 12.5. The van der Waals surface area contributed by atoms with E-state index in [0.717, 1.165) is 22.4 Å². The lowest BCUT2D eigenvalue weighted by molar-refractivity contribution is -0.208. The monoisotopic (exact) mass is 424 g/mol. The number of carbonyl (C=O) groups excluding carboxylic acids is 1. The van der Waals surface area contributed by atoms with Crippen LogP contribution < -0.4 is 10.4 Å². The molecule has 0 aliphatic heterocycles. The topological polar surface area (TPSA) is 44.8 Å². The van der Waals surface area contributed by atoms with E-state index < -0.39 is 5.97 Å². The number of hydrogen-bond donors (Lipinski definition) is 0. The van der Waals surface area contributed by atoms with Gasteiger partial charge >= 0.3 is 25.5 Å². The first kappa shape index (κ1) is 23.1. The van der Waals surface area contributed by atoms with E-state index in [0.29, 0.717) is 17.8 Å². The largest absolute Gasteiger partial charge is 0.538 e. The van der Waals surface area contributed by atoms with Crippen molar-refractivity contribution < 1.29 is 18.7 Å². The minimum absolute atomic E-state index is 0.0497. The molecule has 0 aliphatic rings. The molecule has 0 spiro atoms. The highest BCUT2D eigenvalue weighted by Gasteiger charge is 2.16. The van der Waals surface area contributed by atoms with E-state index in [2.05, 4.69) is 32.9 Å². The van der Waals surface area contributed by atoms with Gasteiger partial charge in [-0.15, -0.1) is 0 Å². The molecule has 2 aromatic rings. The highest BCUT2D eigenvalue weighted by molar-refractivity contribution is 6.48. The van der Waals surface area contributed by atoms with Gasteiger partial charge in [0.15, 0.2) is 0 Å². The molecule has 0 saturated heterocycles. The van der Waals surface area contributed by atoms with Crippen LogP contribution in [0.5, 0.6) is 0 Å². The molecule has 2 aromatic carbocycles. The van der Waals surface area contributed by atoms with Gasteiger partial charge in [-0.2, -0.15) is 0 Å². The molecule has 2 rings (SSSR count). The quantitative estimate of drug-likeness (QED) is 0.203. The third kappa shape index (κ3) is 6.42. The molecule has 0 aromatic heterocycles. The van der Waals surface area contributed by atoms with Crippen molar-refractivity contribution in [2.24, 2.45) is 0 Å². The Bertz CT molecular complexity index is 890. The molecule has 0 atom stereocenters. The molecule has 0 heterocycles. The van der Waals surface area contributed by atoms with Crippen molar-refractivity contribution in [1.29, 1.82) is 0 Å². The summed E-state index contributed by atoms with van der Waals surface area (Å²) in [5.74, 6) is 0.160. The van der Waals surface area contributed by atoms with Gasteiger partial charge in [-0.25, -0.2) is 9.37 Å². The van der Waals surface area contributed by atoms with Crippen molar-refractivity contribution in [3.05, 3.63) is 70.0 Å². The summed E-state index contributed by atoms with van der Waals surface area (Å²) in [6.45, 7) is 12.0. The van der Waals surface area contributed by atoms with E-state index in [9.17, 15) is 4.79 Å². The Morgan fingerprint density at radius 3 is 2.00 bits per heavy atom. The Hall–Kier alpha value is -2.16. The van der Waals surface area contributed by atoms with Crippen molar-refractivity contribution in [2.45, 2.75) is 54.4 Å². The summed E-state index contributed by atoms with van der Waals surface area (Å²) in [5, 5.41) is 2.17. The third-order valence-corrected chi connectivity index (χ3v) is 7.00. The van der Waals surface area contributed by atoms with E-state index in [1.165, 1.54) is 16.7 Å². The highest BCUT2D eigenvalue weighted by Crippen LogP contribution is 2.14. The summed E-state index contributed by atoms with van der Waals surface area (Å²) in [4.78, 5) is 17.5. The molecule has 4 nitrogen and oxygen atoms in total. The third-order valence-electron chi connectivity index (χ3n) is 4.96. The fourth-order valence-electron chi connectivity index (χ4n) is 2.66. The fraction of sp³-hybridized carbons (Fsp3) is 0.348. The van der Waals surface area contributed by atoms with Crippen molar-refractivity contribution in [3.63, 3.8) is 0 Å². The zero-order valence-electron chi connectivity index (χ0n) is 18.0. The van der Waals surface area contributed by atoms with E-state index in [1.54, 1.807) is 6.92 Å². The maximum atomic E-state index is 12.5. The van der Waals surface area contributed by atoms with Crippen LogP contribution in [0.2, 0.25) is 0 Å². The predicted molar refractivity (Wildman–Crippen MR) is 118 cm³/mol. The van der Waals surface area contributed by atoms with Crippen LogP contribution in [0.1, 0.15) is 48.9 Å². The zero-order chi connectivity index (χ0) is 21.4. The maximum Gasteiger partial charge on any atom is 0.370 e. The van der Waals surface area contributed by atoms with Crippen molar-refractivity contribution in [3.8, 4) is 0 Å². The molecule has 0 unspecified atom stereocenters. The second-order valence-electron chi connectivity index (χ2n) is 7.05. The van der Waals surface area contributed by atoms with E-state index >= 15 is 0 Å². The van der Waals surface area contributed by atoms with Crippen molar-refractivity contribution in [1.82, 2.24) is 0 Å². The van der Waals surface area contributed by atoms with E-state index in [4.69, 9.17) is 13.9 Å². The summed E-state index contributed by atoms with van der Waals surface area (Å²) in [6, 6.07) is 12.2. The molecule has 29 heavy (non-hydrogen) atoms. The summed E-state index contributed by atoms with van der Waals surface area (Å²) in [7, 11) is 0.0976. The Labute approximate surface area is 179 Å². The van der Waals surface area contributed by atoms with Gasteiger partial charge in [0, 0.05) is 6.42 Å². The predicted octanol–water partition coefficient (Wildman–Crippen LogP) is 3.67. The standard InChI is InChI=1S/C23H28O4Si2/c1-7-10-20(26-28-21-13-8-11-15(2)17(21)4)19(6)23(24)25-27-29-22-14-9-12-16(3)18(22)5/h8-9,11-14H,7,10H2,1-6H3. The Morgan fingerprint density at radius 2 is 1.45 bits per heavy atom. The van der Waals surface area contributed by atoms with Crippen LogP contribution in [0.4, 0.5) is 0 Å². The van der Waals surface area contributed by atoms with E-state index in [-0.39, 0.29) is 19.5 Å².